The number of nitrogens with zero attached hydrogens (tertiary/aromatic N) is 1. The lowest BCUT2D eigenvalue weighted by Crippen LogP contribution is -1.92. The molecule has 0 spiro atoms. The first kappa shape index (κ1) is 11.6. The summed E-state index contributed by atoms with van der Waals surface area (Å²) in [6.45, 7) is 0.965. The van der Waals surface area contributed by atoms with E-state index < -0.39 is 0 Å². The van der Waals surface area contributed by atoms with Crippen molar-refractivity contribution in [1.82, 2.24) is 0 Å². The Morgan fingerprint density at radius 1 is 1.21 bits per heavy atom. The molecule has 19 heavy (non-hydrogen) atoms. The van der Waals surface area contributed by atoms with Gasteiger partial charge in [-0.1, -0.05) is 12.1 Å². The van der Waals surface area contributed by atoms with Crippen LogP contribution in [-0.2, 0) is 6.42 Å². The Balaban J connectivity index is 2.22. The lowest BCUT2D eigenvalue weighted by Gasteiger charge is -2.12. The molecule has 1 N–H and O–H groups in total. The van der Waals surface area contributed by atoms with Crippen molar-refractivity contribution in [2.75, 3.05) is 19.0 Å². The average Bonchev–Trinajstić information content (AvgIpc) is 2.94. The second-order valence-corrected chi connectivity index (χ2v) is 4.54. The molecule has 0 atom stereocenters. The molecule has 1 aliphatic heterocycles. The van der Waals surface area contributed by atoms with Crippen molar-refractivity contribution in [1.29, 1.82) is 5.26 Å². The molecule has 0 aromatic heterocycles. The molecule has 2 aromatic rings. The summed E-state index contributed by atoms with van der Waals surface area (Å²) in [6.07, 6.45) is 1.01. The van der Waals surface area contributed by atoms with Gasteiger partial charge in [-0.25, -0.2) is 0 Å². The fourth-order valence-electron chi connectivity index (χ4n) is 2.58. The van der Waals surface area contributed by atoms with Crippen LogP contribution in [0.3, 0.4) is 0 Å². The van der Waals surface area contributed by atoms with Crippen LogP contribution in [0.2, 0.25) is 0 Å². The van der Waals surface area contributed by atoms with Gasteiger partial charge >= 0.3 is 0 Å². The number of methoxy groups -OCH3 is 1. The van der Waals surface area contributed by atoms with E-state index in [0.29, 0.717) is 5.56 Å². The van der Waals surface area contributed by atoms with Crippen LogP contribution in [0.4, 0.5) is 5.69 Å². The van der Waals surface area contributed by atoms with Crippen molar-refractivity contribution in [2.24, 2.45) is 0 Å². The smallest absolute Gasteiger partial charge is 0.126 e. The second-order valence-electron chi connectivity index (χ2n) is 4.54. The molecule has 0 unspecified atom stereocenters. The fraction of sp³-hybridized carbons (Fsp3) is 0.188. The maximum atomic E-state index is 9.06. The van der Waals surface area contributed by atoms with Crippen LogP contribution < -0.4 is 10.1 Å². The number of rotatable bonds is 2. The highest BCUT2D eigenvalue weighted by Gasteiger charge is 2.17. The Morgan fingerprint density at radius 2 is 2.11 bits per heavy atom. The SMILES string of the molecule is COc1ccc(C#N)cc1-c1cccc2c1CCN2. The van der Waals surface area contributed by atoms with Gasteiger partial charge in [0.25, 0.3) is 0 Å². The molecule has 0 saturated carbocycles. The van der Waals surface area contributed by atoms with Gasteiger partial charge in [-0.2, -0.15) is 5.26 Å². The van der Waals surface area contributed by atoms with Crippen LogP contribution in [0.25, 0.3) is 11.1 Å². The van der Waals surface area contributed by atoms with Crippen molar-refractivity contribution in [2.45, 2.75) is 6.42 Å². The molecule has 0 saturated heterocycles. The van der Waals surface area contributed by atoms with Gasteiger partial charge in [0.05, 0.1) is 18.7 Å². The van der Waals surface area contributed by atoms with E-state index >= 15 is 0 Å². The minimum atomic E-state index is 0.652. The molecular formula is C16H14N2O. The van der Waals surface area contributed by atoms with E-state index in [0.717, 1.165) is 29.8 Å². The predicted octanol–water partition coefficient (Wildman–Crippen LogP) is 3.20. The summed E-state index contributed by atoms with van der Waals surface area (Å²) in [7, 11) is 1.66. The van der Waals surface area contributed by atoms with Gasteiger partial charge in [-0.15, -0.1) is 0 Å². The van der Waals surface area contributed by atoms with Gasteiger partial charge in [0.2, 0.25) is 0 Å². The van der Waals surface area contributed by atoms with Crippen molar-refractivity contribution in [3.05, 3.63) is 47.5 Å². The number of hydrogen-bond acceptors (Lipinski definition) is 3. The van der Waals surface area contributed by atoms with E-state index in [1.165, 1.54) is 11.3 Å². The van der Waals surface area contributed by atoms with Crippen molar-refractivity contribution >= 4 is 5.69 Å². The summed E-state index contributed by atoms with van der Waals surface area (Å²) in [5.74, 6) is 0.805. The number of ether oxygens (including phenoxy) is 1. The third-order valence-electron chi connectivity index (χ3n) is 3.49. The molecule has 0 bridgehead atoms. The van der Waals surface area contributed by atoms with Crippen LogP contribution in [0.5, 0.6) is 5.75 Å². The minimum Gasteiger partial charge on any atom is -0.496 e. The number of anilines is 1. The zero-order valence-corrected chi connectivity index (χ0v) is 10.7. The van der Waals surface area contributed by atoms with Gasteiger partial charge in [0.15, 0.2) is 0 Å². The fourth-order valence-corrected chi connectivity index (χ4v) is 2.58. The molecule has 0 radical (unpaired) electrons. The van der Waals surface area contributed by atoms with Gasteiger partial charge in [-0.05, 0) is 41.8 Å². The summed E-state index contributed by atoms with van der Waals surface area (Å²) < 4.78 is 5.43. The topological polar surface area (TPSA) is 45.0 Å². The molecular weight excluding hydrogens is 236 g/mol. The van der Waals surface area contributed by atoms with E-state index in [1.807, 2.05) is 18.2 Å². The summed E-state index contributed by atoms with van der Waals surface area (Å²) in [5, 5.41) is 12.4. The molecule has 1 aliphatic rings. The van der Waals surface area contributed by atoms with Crippen molar-refractivity contribution in [3.8, 4) is 22.9 Å². The van der Waals surface area contributed by atoms with Crippen molar-refractivity contribution < 1.29 is 4.74 Å². The Bertz CT molecular complexity index is 671. The van der Waals surface area contributed by atoms with Gasteiger partial charge in [0.1, 0.15) is 5.75 Å². The maximum absolute atomic E-state index is 9.06. The van der Waals surface area contributed by atoms with E-state index in [2.05, 4.69) is 23.5 Å². The first-order chi connectivity index (χ1) is 9.33. The summed E-state index contributed by atoms with van der Waals surface area (Å²) in [6, 6.07) is 13.9. The number of fused-ring (bicyclic) bond motifs is 1. The molecule has 3 heteroatoms. The molecule has 2 aromatic carbocycles. The molecule has 0 fully saturated rings. The quantitative estimate of drug-likeness (QED) is 0.890. The monoisotopic (exact) mass is 250 g/mol. The number of nitrogens with one attached hydrogen (secondary N) is 1. The van der Waals surface area contributed by atoms with Gasteiger partial charge < -0.3 is 10.1 Å². The van der Waals surface area contributed by atoms with Crippen LogP contribution >= 0.6 is 0 Å². The minimum absolute atomic E-state index is 0.652. The molecule has 3 nitrogen and oxygen atoms in total. The highest BCUT2D eigenvalue weighted by molar-refractivity contribution is 5.80. The number of hydrogen-bond donors (Lipinski definition) is 1. The summed E-state index contributed by atoms with van der Waals surface area (Å²) >= 11 is 0. The average molecular weight is 250 g/mol. The van der Waals surface area contributed by atoms with E-state index in [1.54, 1.807) is 13.2 Å². The molecule has 3 rings (SSSR count). The van der Waals surface area contributed by atoms with Crippen LogP contribution in [0, 0.1) is 11.3 Å². The van der Waals surface area contributed by atoms with Crippen molar-refractivity contribution in [3.63, 3.8) is 0 Å². The molecule has 0 aliphatic carbocycles. The lowest BCUT2D eigenvalue weighted by molar-refractivity contribution is 0.416. The van der Waals surface area contributed by atoms with E-state index in [-0.39, 0.29) is 0 Å². The Kier molecular flexibility index (Phi) is 2.85. The first-order valence-electron chi connectivity index (χ1n) is 6.28. The normalized spacial score (nSPS) is 12.4. The number of nitriles is 1. The highest BCUT2D eigenvalue weighted by Crippen LogP contribution is 2.37. The Labute approximate surface area is 112 Å². The molecule has 0 amide bonds. The third-order valence-corrected chi connectivity index (χ3v) is 3.49. The van der Waals surface area contributed by atoms with E-state index in [9.17, 15) is 0 Å². The second kappa shape index (κ2) is 4.66. The zero-order valence-electron chi connectivity index (χ0n) is 10.7. The first-order valence-corrected chi connectivity index (χ1v) is 6.28. The largest absolute Gasteiger partial charge is 0.496 e. The standard InChI is InChI=1S/C16H14N2O/c1-19-16-6-5-11(10-17)9-14(16)12-3-2-4-15-13(12)7-8-18-15/h2-6,9,18H,7-8H2,1H3. The summed E-state index contributed by atoms with van der Waals surface area (Å²) in [5.41, 5.74) is 5.27. The lowest BCUT2D eigenvalue weighted by atomic mass is 9.96. The summed E-state index contributed by atoms with van der Waals surface area (Å²) in [4.78, 5) is 0. The third kappa shape index (κ3) is 1.92. The van der Waals surface area contributed by atoms with Crippen LogP contribution in [-0.4, -0.2) is 13.7 Å². The predicted molar refractivity (Wildman–Crippen MR) is 75.3 cm³/mol. The molecule has 94 valence electrons. The van der Waals surface area contributed by atoms with Crippen LogP contribution in [0.15, 0.2) is 36.4 Å². The highest BCUT2D eigenvalue weighted by atomic mass is 16.5. The Morgan fingerprint density at radius 3 is 2.89 bits per heavy atom. The number of benzene rings is 2. The van der Waals surface area contributed by atoms with Gasteiger partial charge in [-0.3, -0.25) is 0 Å². The maximum Gasteiger partial charge on any atom is 0.126 e. The van der Waals surface area contributed by atoms with Gasteiger partial charge in [0, 0.05) is 17.8 Å². The van der Waals surface area contributed by atoms with E-state index in [4.69, 9.17) is 10.00 Å². The molecule has 1 heterocycles. The Hall–Kier alpha value is -2.47. The zero-order chi connectivity index (χ0) is 13.2. The van der Waals surface area contributed by atoms with Crippen LogP contribution in [0.1, 0.15) is 11.1 Å².